The smallest absolute Gasteiger partial charge is 0.338 e. The summed E-state index contributed by atoms with van der Waals surface area (Å²) in [7, 11) is -3.02. The van der Waals surface area contributed by atoms with Crippen molar-refractivity contribution >= 4 is 44.6 Å². The zero-order valence-corrected chi connectivity index (χ0v) is 32.1. The zero-order valence-electron chi connectivity index (χ0n) is 31.2. The number of esters is 1. The maximum atomic E-state index is 14.5. The molecule has 288 valence electrons. The summed E-state index contributed by atoms with van der Waals surface area (Å²) in [5.74, 6) is -2.30. The first kappa shape index (κ1) is 39.2. The van der Waals surface area contributed by atoms with E-state index >= 15 is 0 Å². The van der Waals surface area contributed by atoms with E-state index in [9.17, 15) is 27.6 Å². The number of nitrogens with one attached hydrogen (secondary N) is 3. The molecule has 3 N–H and O–H groups in total. The van der Waals surface area contributed by atoms with Crippen molar-refractivity contribution in [3.8, 4) is 11.3 Å². The Bertz CT molecular complexity index is 2470. The molecule has 6 aromatic rings. The van der Waals surface area contributed by atoms with E-state index in [2.05, 4.69) is 20.2 Å². The minimum absolute atomic E-state index is 0.0148. The van der Waals surface area contributed by atoms with Crippen LogP contribution in [-0.2, 0) is 37.2 Å². The molecule has 0 fully saturated rings. The number of sulfonamides is 1. The summed E-state index contributed by atoms with van der Waals surface area (Å²) in [4.78, 5) is 59.1. The van der Waals surface area contributed by atoms with Crippen molar-refractivity contribution in [2.75, 3.05) is 13.7 Å². The van der Waals surface area contributed by atoms with Crippen molar-refractivity contribution in [3.63, 3.8) is 0 Å². The Labute approximate surface area is 324 Å². The van der Waals surface area contributed by atoms with Crippen LogP contribution in [0.15, 0.2) is 119 Å². The predicted molar refractivity (Wildman–Crippen MR) is 209 cm³/mol. The summed E-state index contributed by atoms with van der Waals surface area (Å²) in [5.41, 5.74) is 4.99. The summed E-state index contributed by atoms with van der Waals surface area (Å²) >= 11 is 0. The van der Waals surface area contributed by atoms with Gasteiger partial charge in [-0.25, -0.2) is 17.9 Å². The molecule has 0 bridgehead atoms. The third-order valence-electron chi connectivity index (χ3n) is 9.29. The number of carbonyl (C=O) groups is 4. The number of hydrogen-bond donors (Lipinski definition) is 3. The number of para-hydroxylation sites is 1. The third kappa shape index (κ3) is 9.04. The van der Waals surface area contributed by atoms with E-state index in [1.54, 1.807) is 43.5 Å². The van der Waals surface area contributed by atoms with Crippen LogP contribution in [0.4, 0.5) is 0 Å². The molecule has 13 nitrogen and oxygen atoms in total. The number of amides is 3. The van der Waals surface area contributed by atoms with Gasteiger partial charge in [-0.1, -0.05) is 70.9 Å². The van der Waals surface area contributed by atoms with Gasteiger partial charge in [0.05, 0.1) is 23.3 Å². The highest BCUT2D eigenvalue weighted by Gasteiger charge is 2.33. The van der Waals surface area contributed by atoms with E-state index in [-0.39, 0.29) is 29.9 Å². The number of H-pyrrole nitrogens is 1. The summed E-state index contributed by atoms with van der Waals surface area (Å²) in [6, 6.07) is 24.3. The Balaban J connectivity index is 1.33. The lowest BCUT2D eigenvalue weighted by molar-refractivity contribution is -0.130. The second-order valence-electron chi connectivity index (χ2n) is 13.4. The van der Waals surface area contributed by atoms with Gasteiger partial charge in [-0.3, -0.25) is 14.4 Å². The number of hydrogen-bond acceptors (Lipinski definition) is 9. The molecule has 6 rings (SSSR count). The van der Waals surface area contributed by atoms with Crippen LogP contribution in [0.1, 0.15) is 49.9 Å². The van der Waals surface area contributed by atoms with E-state index in [0.29, 0.717) is 22.5 Å². The molecular formula is C42H41N5O8S. The average Bonchev–Trinajstić information content (AvgIpc) is 3.87. The van der Waals surface area contributed by atoms with Gasteiger partial charge < -0.3 is 24.5 Å². The van der Waals surface area contributed by atoms with Gasteiger partial charge in [0.1, 0.15) is 12.1 Å². The summed E-state index contributed by atoms with van der Waals surface area (Å²) < 4.78 is 39.6. The maximum Gasteiger partial charge on any atom is 0.338 e. The van der Waals surface area contributed by atoms with Crippen LogP contribution in [0.2, 0.25) is 0 Å². The first-order valence-electron chi connectivity index (χ1n) is 17.9. The molecule has 3 amide bonds. The minimum atomic E-state index is -4.54. The summed E-state index contributed by atoms with van der Waals surface area (Å²) in [6.07, 6.45) is 3.17. The predicted octanol–water partition coefficient (Wildman–Crippen LogP) is 5.53. The molecular weight excluding hydrogens is 735 g/mol. The third-order valence-corrected chi connectivity index (χ3v) is 10.6. The maximum absolute atomic E-state index is 14.5. The van der Waals surface area contributed by atoms with Crippen molar-refractivity contribution in [3.05, 3.63) is 143 Å². The minimum Gasteiger partial charge on any atom is -0.462 e. The number of aryl methyl sites for hydroxylation is 2. The van der Waals surface area contributed by atoms with Crippen LogP contribution in [-0.4, -0.2) is 72.9 Å². The number of fused-ring (bicyclic) bond motifs is 1. The van der Waals surface area contributed by atoms with Gasteiger partial charge in [0.15, 0.2) is 5.76 Å². The molecule has 2 heterocycles. The van der Waals surface area contributed by atoms with Gasteiger partial charge >= 0.3 is 5.97 Å². The standard InChI is InChI=1S/C42H41N5O8S/c1-5-54-42(51)30-9-8-10-33(23-30)56(52,53)46-39(48)36(24-32-25-43-35-12-7-6-11-34(32)35)45-40(49)37(47(4)41(50)31-20-26(2)19-27(3)21-31)22-28-13-15-29(16-14-28)38-17-18-44-55-38/h6-21,23,25,36-37,43H,5,22,24H2,1-4H3,(H,45,49)(H,46,48)/t36-,37+/m0/s1. The molecule has 0 spiro atoms. The number of aromatic amines is 1. The monoisotopic (exact) mass is 775 g/mol. The molecule has 0 aliphatic rings. The Morgan fingerprint density at radius 1 is 0.857 bits per heavy atom. The lowest BCUT2D eigenvalue weighted by atomic mass is 9.99. The molecule has 0 aliphatic heterocycles. The summed E-state index contributed by atoms with van der Waals surface area (Å²) in [6.45, 7) is 5.46. The molecule has 14 heteroatoms. The fourth-order valence-corrected chi connectivity index (χ4v) is 7.57. The number of carbonyl (C=O) groups excluding carboxylic acids is 4. The summed E-state index contributed by atoms with van der Waals surface area (Å²) in [5, 5.41) is 7.31. The molecule has 0 aliphatic carbocycles. The van der Waals surface area contributed by atoms with Gasteiger partial charge in [-0.2, -0.15) is 0 Å². The van der Waals surface area contributed by atoms with Crippen LogP contribution in [0.5, 0.6) is 0 Å². The number of aromatic nitrogens is 2. The number of ether oxygens (including phenoxy) is 1. The van der Waals surface area contributed by atoms with Crippen molar-refractivity contribution in [2.45, 2.75) is 50.6 Å². The van der Waals surface area contributed by atoms with E-state index in [4.69, 9.17) is 9.26 Å². The number of benzene rings is 4. The van der Waals surface area contributed by atoms with Crippen molar-refractivity contribution < 1.29 is 36.9 Å². The molecule has 0 unspecified atom stereocenters. The van der Waals surface area contributed by atoms with Gasteiger partial charge in [0.2, 0.25) is 5.91 Å². The fourth-order valence-electron chi connectivity index (χ4n) is 6.51. The van der Waals surface area contributed by atoms with E-state index in [1.807, 2.05) is 56.3 Å². The number of nitrogens with zero attached hydrogens (tertiary/aromatic N) is 2. The Morgan fingerprint density at radius 3 is 2.29 bits per heavy atom. The van der Waals surface area contributed by atoms with Crippen LogP contribution in [0.3, 0.4) is 0 Å². The first-order chi connectivity index (χ1) is 26.8. The van der Waals surface area contributed by atoms with E-state index < -0.39 is 45.8 Å². The van der Waals surface area contributed by atoms with Crippen molar-refractivity contribution in [2.24, 2.45) is 0 Å². The Hall–Kier alpha value is -6.54. The van der Waals surface area contributed by atoms with Crippen LogP contribution in [0.25, 0.3) is 22.2 Å². The molecule has 2 atom stereocenters. The molecule has 0 saturated heterocycles. The molecule has 0 saturated carbocycles. The Morgan fingerprint density at radius 2 is 1.59 bits per heavy atom. The molecule has 56 heavy (non-hydrogen) atoms. The quantitative estimate of drug-likeness (QED) is 0.120. The average molecular weight is 776 g/mol. The lowest BCUT2D eigenvalue weighted by Crippen LogP contribution is -2.56. The topological polar surface area (TPSA) is 181 Å². The second-order valence-corrected chi connectivity index (χ2v) is 15.1. The zero-order chi connectivity index (χ0) is 40.0. The normalized spacial score (nSPS) is 12.4. The lowest BCUT2D eigenvalue weighted by Gasteiger charge is -2.29. The highest BCUT2D eigenvalue weighted by molar-refractivity contribution is 7.90. The molecule has 4 aromatic carbocycles. The van der Waals surface area contributed by atoms with Crippen LogP contribution in [0, 0.1) is 13.8 Å². The SMILES string of the molecule is CCOC(=O)c1cccc(S(=O)(=O)NC(=O)[C@H](Cc2c[nH]c3ccccc23)NC(=O)[C@@H](Cc2ccc(-c3ccno3)cc2)N(C)C(=O)c2cc(C)cc(C)c2)c1. The van der Waals surface area contributed by atoms with Crippen molar-refractivity contribution in [1.82, 2.24) is 25.1 Å². The van der Waals surface area contributed by atoms with Crippen molar-refractivity contribution in [1.29, 1.82) is 0 Å². The number of likely N-dealkylation sites (N-methyl/N-ethyl adjacent to an activating group) is 1. The van der Waals surface area contributed by atoms with Crippen LogP contribution >= 0.6 is 0 Å². The molecule has 0 radical (unpaired) electrons. The van der Waals surface area contributed by atoms with Gasteiger partial charge in [-0.05, 0) is 68.3 Å². The van der Waals surface area contributed by atoms with E-state index in [1.165, 1.54) is 36.3 Å². The molecule has 2 aromatic heterocycles. The van der Waals surface area contributed by atoms with Gasteiger partial charge in [0, 0.05) is 54.2 Å². The highest BCUT2D eigenvalue weighted by atomic mass is 32.2. The Kier molecular flexibility index (Phi) is 11.8. The largest absolute Gasteiger partial charge is 0.462 e. The van der Waals surface area contributed by atoms with Gasteiger partial charge in [0.25, 0.3) is 21.8 Å². The highest BCUT2D eigenvalue weighted by Crippen LogP contribution is 2.23. The van der Waals surface area contributed by atoms with Crippen LogP contribution < -0.4 is 10.0 Å². The second kappa shape index (κ2) is 16.9. The van der Waals surface area contributed by atoms with Gasteiger partial charge in [-0.15, -0.1) is 0 Å². The fraction of sp³-hybridized carbons (Fsp3) is 0.214. The van der Waals surface area contributed by atoms with E-state index in [0.717, 1.165) is 33.7 Å². The number of rotatable bonds is 14. The first-order valence-corrected chi connectivity index (χ1v) is 19.4.